The van der Waals surface area contributed by atoms with Crippen LogP contribution in [0.15, 0.2) is 11.6 Å². The Hall–Kier alpha value is -1.03. The van der Waals surface area contributed by atoms with Crippen molar-refractivity contribution in [1.29, 1.82) is 0 Å². The molecule has 2 N–H and O–H groups in total. The van der Waals surface area contributed by atoms with E-state index in [2.05, 4.69) is 6.92 Å². The summed E-state index contributed by atoms with van der Waals surface area (Å²) in [5.74, 6) is -0.158. The molecule has 4 rings (SSSR count). The van der Waals surface area contributed by atoms with Gasteiger partial charge in [-0.1, -0.05) is 58.3 Å². The molecule has 3 saturated heterocycles. The van der Waals surface area contributed by atoms with Crippen molar-refractivity contribution < 1.29 is 38.7 Å². The molecule has 9 atom stereocenters. The van der Waals surface area contributed by atoms with E-state index >= 15 is 0 Å². The first-order chi connectivity index (χ1) is 21.4. The molecule has 0 aromatic heterocycles. The molecule has 0 spiro atoms. The number of unbranched alkanes of at least 4 members (excludes halogenated alkanes) is 7. The van der Waals surface area contributed by atoms with Gasteiger partial charge in [-0.2, -0.15) is 0 Å². The van der Waals surface area contributed by atoms with E-state index in [1.165, 1.54) is 25.7 Å². The molecule has 0 radical (unpaired) electrons. The SMILES string of the molecule is CCCCCC[C@@H]1CCC[C@H]([C@@H]2CC[C@H]([C@@H]3CC[C@@H]([C@@H](O)CC[C@@H](O)CCCCCCCC4=CC(C)OC4=O)O3)O2)OCO1. The summed E-state index contributed by atoms with van der Waals surface area (Å²) < 4.78 is 30.2. The van der Waals surface area contributed by atoms with Crippen molar-refractivity contribution in [3.63, 3.8) is 0 Å². The summed E-state index contributed by atoms with van der Waals surface area (Å²) in [5, 5.41) is 21.3. The van der Waals surface area contributed by atoms with E-state index < -0.39 is 6.10 Å². The smallest absolute Gasteiger partial charge is 0.334 e. The minimum absolute atomic E-state index is 0.0286. The second-order valence-electron chi connectivity index (χ2n) is 13.9. The number of hydrogen-bond acceptors (Lipinski definition) is 8. The van der Waals surface area contributed by atoms with Crippen LogP contribution in [-0.4, -0.2) is 77.9 Å². The zero-order valence-electron chi connectivity index (χ0n) is 27.7. The quantitative estimate of drug-likeness (QED) is 0.117. The largest absolute Gasteiger partial charge is 0.455 e. The van der Waals surface area contributed by atoms with Gasteiger partial charge >= 0.3 is 5.97 Å². The Labute approximate surface area is 266 Å². The summed E-state index contributed by atoms with van der Waals surface area (Å²) in [5.41, 5.74) is 0.820. The molecule has 4 aliphatic rings. The van der Waals surface area contributed by atoms with Gasteiger partial charge in [-0.05, 0) is 96.5 Å². The summed E-state index contributed by atoms with van der Waals surface area (Å²) >= 11 is 0. The lowest BCUT2D eigenvalue weighted by molar-refractivity contribution is -0.175. The van der Waals surface area contributed by atoms with E-state index in [-0.39, 0.29) is 48.7 Å². The van der Waals surface area contributed by atoms with Crippen LogP contribution < -0.4 is 0 Å². The fourth-order valence-corrected chi connectivity index (χ4v) is 7.47. The van der Waals surface area contributed by atoms with Crippen LogP contribution >= 0.6 is 0 Å². The average molecular weight is 623 g/mol. The maximum Gasteiger partial charge on any atom is 0.334 e. The number of aliphatic hydroxyl groups excluding tert-OH is 2. The first-order valence-corrected chi connectivity index (χ1v) is 18.2. The van der Waals surface area contributed by atoms with Crippen molar-refractivity contribution >= 4 is 5.97 Å². The second-order valence-corrected chi connectivity index (χ2v) is 13.9. The molecule has 254 valence electrons. The van der Waals surface area contributed by atoms with Crippen molar-refractivity contribution in [3.8, 4) is 0 Å². The minimum atomic E-state index is -0.549. The minimum Gasteiger partial charge on any atom is -0.455 e. The van der Waals surface area contributed by atoms with Crippen molar-refractivity contribution in [2.45, 2.75) is 204 Å². The van der Waals surface area contributed by atoms with Crippen LogP contribution in [0.1, 0.15) is 149 Å². The molecule has 0 bridgehead atoms. The lowest BCUT2D eigenvalue weighted by atomic mass is 9.99. The number of rotatable bonds is 19. The molecule has 44 heavy (non-hydrogen) atoms. The van der Waals surface area contributed by atoms with Gasteiger partial charge in [0.15, 0.2) is 0 Å². The molecular weight excluding hydrogens is 560 g/mol. The van der Waals surface area contributed by atoms with E-state index in [0.717, 1.165) is 102 Å². The molecule has 0 saturated carbocycles. The molecule has 8 heteroatoms. The summed E-state index contributed by atoms with van der Waals surface area (Å²) in [6, 6.07) is 0. The van der Waals surface area contributed by atoms with Crippen LogP contribution in [0.4, 0.5) is 0 Å². The second kappa shape index (κ2) is 19.6. The predicted octanol–water partition coefficient (Wildman–Crippen LogP) is 7.07. The number of cyclic esters (lactones) is 1. The molecule has 0 aliphatic carbocycles. The average Bonchev–Trinajstić information content (AvgIpc) is 3.74. The normalized spacial score (nSPS) is 32.7. The maximum absolute atomic E-state index is 11.7. The highest BCUT2D eigenvalue weighted by Crippen LogP contribution is 2.36. The molecule has 4 aliphatic heterocycles. The third-order valence-electron chi connectivity index (χ3n) is 10.2. The van der Waals surface area contributed by atoms with Crippen molar-refractivity contribution in [2.75, 3.05) is 6.79 Å². The highest BCUT2D eigenvalue weighted by Gasteiger charge is 2.41. The van der Waals surface area contributed by atoms with Crippen LogP contribution in [0.25, 0.3) is 0 Å². The zero-order chi connectivity index (χ0) is 31.1. The third-order valence-corrected chi connectivity index (χ3v) is 10.2. The van der Waals surface area contributed by atoms with E-state index in [1.807, 2.05) is 13.0 Å². The molecule has 3 fully saturated rings. The van der Waals surface area contributed by atoms with Crippen LogP contribution in [-0.2, 0) is 28.5 Å². The van der Waals surface area contributed by atoms with Gasteiger partial charge in [0, 0.05) is 5.57 Å². The standard InChI is InChI=1S/C36H62O8/c1-3-4-5-11-15-29-16-12-17-32(41-25-40-29)33-22-23-35(44-33)34-21-20-31(43-34)30(38)19-18-28(37)14-10-8-6-7-9-13-27-24-26(2)42-36(27)39/h24,26,28-35,37-38H,3-23,25H2,1-2H3/t26?,28-,29+,30-,31-,32+,33-,34-,35+/m0/s1. The van der Waals surface area contributed by atoms with Gasteiger partial charge in [-0.3, -0.25) is 0 Å². The van der Waals surface area contributed by atoms with Crippen LogP contribution in [0, 0.1) is 0 Å². The van der Waals surface area contributed by atoms with E-state index in [0.29, 0.717) is 25.7 Å². The Bertz CT molecular complexity index is 838. The molecule has 8 nitrogen and oxygen atoms in total. The fourth-order valence-electron chi connectivity index (χ4n) is 7.47. The topological polar surface area (TPSA) is 104 Å². The van der Waals surface area contributed by atoms with Crippen molar-refractivity contribution in [2.24, 2.45) is 0 Å². The van der Waals surface area contributed by atoms with Gasteiger partial charge < -0.3 is 33.9 Å². The number of hydrogen-bond donors (Lipinski definition) is 2. The van der Waals surface area contributed by atoms with Crippen LogP contribution in [0.3, 0.4) is 0 Å². The Morgan fingerprint density at radius 3 is 2.30 bits per heavy atom. The molecule has 1 unspecified atom stereocenters. The van der Waals surface area contributed by atoms with E-state index in [4.69, 9.17) is 23.7 Å². The first kappa shape index (κ1) is 35.8. The Balaban J connectivity index is 1.02. The molecule has 0 amide bonds. The lowest BCUT2D eigenvalue weighted by Crippen LogP contribution is -2.35. The van der Waals surface area contributed by atoms with Gasteiger partial charge in [0.2, 0.25) is 0 Å². The van der Waals surface area contributed by atoms with Gasteiger partial charge in [0.1, 0.15) is 12.9 Å². The summed E-state index contributed by atoms with van der Waals surface area (Å²) in [4.78, 5) is 11.7. The number of ether oxygens (including phenoxy) is 5. The summed E-state index contributed by atoms with van der Waals surface area (Å²) in [7, 11) is 0. The lowest BCUT2D eigenvalue weighted by Gasteiger charge is -2.30. The Morgan fingerprint density at radius 2 is 1.50 bits per heavy atom. The maximum atomic E-state index is 11.7. The van der Waals surface area contributed by atoms with E-state index in [9.17, 15) is 15.0 Å². The van der Waals surface area contributed by atoms with Crippen molar-refractivity contribution in [1.82, 2.24) is 0 Å². The zero-order valence-corrected chi connectivity index (χ0v) is 27.7. The summed E-state index contributed by atoms with van der Waals surface area (Å²) in [6.07, 6.45) is 22.5. The third kappa shape index (κ3) is 12.0. The monoisotopic (exact) mass is 622 g/mol. The van der Waals surface area contributed by atoms with Gasteiger partial charge in [-0.15, -0.1) is 0 Å². The fraction of sp³-hybridized carbons (Fsp3) is 0.917. The Morgan fingerprint density at radius 1 is 0.773 bits per heavy atom. The highest BCUT2D eigenvalue weighted by molar-refractivity contribution is 5.90. The van der Waals surface area contributed by atoms with Gasteiger partial charge in [-0.25, -0.2) is 4.79 Å². The van der Waals surface area contributed by atoms with Gasteiger partial charge in [0.25, 0.3) is 0 Å². The molecule has 4 heterocycles. The van der Waals surface area contributed by atoms with Crippen LogP contribution in [0.2, 0.25) is 0 Å². The summed E-state index contributed by atoms with van der Waals surface area (Å²) in [6.45, 7) is 4.50. The number of esters is 1. The highest BCUT2D eigenvalue weighted by atomic mass is 16.7. The number of carbonyl (C=O) groups excluding carboxylic acids is 1. The van der Waals surface area contributed by atoms with Crippen LogP contribution in [0.5, 0.6) is 0 Å². The Kier molecular flexibility index (Phi) is 15.9. The van der Waals surface area contributed by atoms with E-state index in [1.54, 1.807) is 0 Å². The molecule has 0 aromatic rings. The first-order valence-electron chi connectivity index (χ1n) is 18.2. The van der Waals surface area contributed by atoms with Crippen molar-refractivity contribution in [3.05, 3.63) is 11.6 Å². The number of aliphatic hydroxyl groups is 2. The predicted molar refractivity (Wildman–Crippen MR) is 170 cm³/mol. The molecule has 0 aromatic carbocycles. The number of carbonyl (C=O) groups is 1. The molecular formula is C36H62O8. The van der Waals surface area contributed by atoms with Gasteiger partial charge in [0.05, 0.1) is 48.8 Å².